The summed E-state index contributed by atoms with van der Waals surface area (Å²) in [6.07, 6.45) is 8.67. The molecule has 0 amide bonds. The van der Waals surface area contributed by atoms with E-state index in [4.69, 9.17) is 0 Å². The zero-order valence-corrected chi connectivity index (χ0v) is 18.8. The maximum atomic E-state index is 14.8. The average molecular weight is 453 g/mol. The second-order valence-electron chi connectivity index (χ2n) is 10.1. The third kappa shape index (κ3) is 5.12. The molecule has 0 saturated heterocycles. The molecule has 4 rings (SSSR count). The number of alkyl halides is 3. The lowest BCUT2D eigenvalue weighted by Crippen LogP contribution is -2.30. The van der Waals surface area contributed by atoms with Crippen molar-refractivity contribution in [2.45, 2.75) is 89.6 Å². The van der Waals surface area contributed by atoms with Crippen LogP contribution in [0.3, 0.4) is 0 Å². The van der Waals surface area contributed by atoms with Crippen molar-refractivity contribution in [3.63, 3.8) is 0 Å². The lowest BCUT2D eigenvalue weighted by Gasteiger charge is -2.42. The van der Waals surface area contributed by atoms with Gasteiger partial charge in [0.15, 0.2) is 0 Å². The fourth-order valence-corrected chi connectivity index (χ4v) is 6.22. The molecule has 2 saturated carbocycles. The van der Waals surface area contributed by atoms with Crippen LogP contribution in [0.1, 0.15) is 94.6 Å². The van der Waals surface area contributed by atoms with E-state index in [0.717, 1.165) is 42.7 Å². The van der Waals surface area contributed by atoms with Crippen LogP contribution < -0.4 is 0 Å². The Morgan fingerprint density at radius 1 is 0.812 bits per heavy atom. The third-order valence-electron chi connectivity index (χ3n) is 7.98. The fourth-order valence-electron chi connectivity index (χ4n) is 6.22. The Bertz CT molecular complexity index is 932. The first-order valence-corrected chi connectivity index (χ1v) is 12.3. The first-order chi connectivity index (χ1) is 15.3. The predicted molar refractivity (Wildman–Crippen MR) is 119 cm³/mol. The third-order valence-corrected chi connectivity index (χ3v) is 7.98. The molecule has 2 aliphatic rings. The van der Waals surface area contributed by atoms with E-state index < -0.39 is 23.4 Å². The van der Waals surface area contributed by atoms with E-state index in [1.165, 1.54) is 57.4 Å². The first kappa shape index (κ1) is 23.5. The molecule has 0 N–H and O–H groups in total. The van der Waals surface area contributed by atoms with Crippen molar-refractivity contribution in [1.29, 1.82) is 0 Å². The highest BCUT2D eigenvalue weighted by Gasteiger charge is 2.37. The van der Waals surface area contributed by atoms with Crippen molar-refractivity contribution >= 4 is 10.8 Å². The van der Waals surface area contributed by atoms with Crippen LogP contribution in [0.4, 0.5) is 22.0 Å². The lowest BCUT2D eigenvalue weighted by atomic mass is 9.63. The van der Waals surface area contributed by atoms with Gasteiger partial charge in [-0.2, -0.15) is 13.2 Å². The van der Waals surface area contributed by atoms with Gasteiger partial charge >= 0.3 is 6.18 Å². The van der Waals surface area contributed by atoms with E-state index in [1.54, 1.807) is 6.07 Å². The van der Waals surface area contributed by atoms with Crippen molar-refractivity contribution in [1.82, 2.24) is 0 Å². The number of unbranched alkanes of at least 4 members (excludes halogenated alkanes) is 3. The van der Waals surface area contributed by atoms with Gasteiger partial charge in [0.25, 0.3) is 0 Å². The molecular formula is C27H33F5. The fraction of sp³-hybridized carbons (Fsp3) is 0.630. The van der Waals surface area contributed by atoms with Crippen LogP contribution in [0.25, 0.3) is 10.8 Å². The largest absolute Gasteiger partial charge is 0.419 e. The van der Waals surface area contributed by atoms with Crippen molar-refractivity contribution in [2.75, 3.05) is 0 Å². The standard InChI is InChI=1S/C27H33F5/c1-2-3-4-5-6-17-7-8-19-12-20(10-9-18(19)11-17)21-13-22-15-26(29)24(27(30,31)32)16-23(22)25(28)14-21/h13-20H,2-12H2,1H3/t17-,18?,19-,20?/m1/s1. The van der Waals surface area contributed by atoms with Crippen LogP contribution in [0.15, 0.2) is 24.3 Å². The van der Waals surface area contributed by atoms with Gasteiger partial charge in [0, 0.05) is 5.39 Å². The van der Waals surface area contributed by atoms with Crippen LogP contribution >= 0.6 is 0 Å². The van der Waals surface area contributed by atoms with E-state index in [-0.39, 0.29) is 16.7 Å². The second kappa shape index (κ2) is 9.69. The molecule has 0 bridgehead atoms. The van der Waals surface area contributed by atoms with E-state index in [2.05, 4.69) is 6.92 Å². The Morgan fingerprint density at radius 3 is 2.31 bits per heavy atom. The molecule has 176 valence electrons. The monoisotopic (exact) mass is 452 g/mol. The van der Waals surface area contributed by atoms with Gasteiger partial charge in [-0.05, 0) is 84.9 Å². The van der Waals surface area contributed by atoms with Crippen LogP contribution in [0, 0.1) is 29.4 Å². The van der Waals surface area contributed by atoms with E-state index in [0.29, 0.717) is 12.0 Å². The van der Waals surface area contributed by atoms with Gasteiger partial charge in [0.05, 0.1) is 5.56 Å². The van der Waals surface area contributed by atoms with E-state index in [9.17, 15) is 22.0 Å². The van der Waals surface area contributed by atoms with Gasteiger partial charge in [-0.15, -0.1) is 0 Å². The Kier molecular flexibility index (Phi) is 7.11. The predicted octanol–water partition coefficient (Wildman–Crippen LogP) is 9.41. The minimum absolute atomic E-state index is 0.167. The van der Waals surface area contributed by atoms with Crippen molar-refractivity contribution in [2.24, 2.45) is 17.8 Å². The molecule has 0 spiro atoms. The summed E-state index contributed by atoms with van der Waals surface area (Å²) in [7, 11) is 0. The molecule has 2 aliphatic carbocycles. The van der Waals surface area contributed by atoms with Gasteiger partial charge in [-0.3, -0.25) is 0 Å². The molecule has 0 radical (unpaired) electrons. The minimum atomic E-state index is -4.84. The first-order valence-electron chi connectivity index (χ1n) is 12.3. The summed E-state index contributed by atoms with van der Waals surface area (Å²) >= 11 is 0. The number of benzene rings is 2. The Morgan fingerprint density at radius 2 is 1.56 bits per heavy atom. The Hall–Kier alpha value is -1.65. The highest BCUT2D eigenvalue weighted by Crippen LogP contribution is 2.49. The van der Waals surface area contributed by atoms with Gasteiger partial charge in [0.2, 0.25) is 0 Å². The second-order valence-corrected chi connectivity index (χ2v) is 10.1. The number of rotatable bonds is 6. The summed E-state index contributed by atoms with van der Waals surface area (Å²) in [5.74, 6) is 0.385. The molecule has 5 heteroatoms. The van der Waals surface area contributed by atoms with E-state index >= 15 is 0 Å². The molecule has 2 unspecified atom stereocenters. The molecule has 0 nitrogen and oxygen atoms in total. The summed E-state index contributed by atoms with van der Waals surface area (Å²) < 4.78 is 67.9. The molecule has 2 fully saturated rings. The summed E-state index contributed by atoms with van der Waals surface area (Å²) in [5.41, 5.74) is -0.613. The van der Waals surface area contributed by atoms with Gasteiger partial charge in [-0.25, -0.2) is 8.78 Å². The Labute approximate surface area is 187 Å². The molecule has 0 aromatic heterocycles. The van der Waals surface area contributed by atoms with E-state index in [1.807, 2.05) is 0 Å². The lowest BCUT2D eigenvalue weighted by molar-refractivity contribution is -0.139. The van der Waals surface area contributed by atoms with Gasteiger partial charge in [-0.1, -0.05) is 51.5 Å². The molecule has 4 atom stereocenters. The van der Waals surface area contributed by atoms with Gasteiger partial charge in [0.1, 0.15) is 11.6 Å². The topological polar surface area (TPSA) is 0 Å². The molecule has 0 aliphatic heterocycles. The number of hydrogen-bond acceptors (Lipinski definition) is 0. The van der Waals surface area contributed by atoms with Crippen molar-refractivity contribution < 1.29 is 22.0 Å². The minimum Gasteiger partial charge on any atom is -0.206 e. The average Bonchev–Trinajstić information content (AvgIpc) is 2.75. The highest BCUT2D eigenvalue weighted by atomic mass is 19.4. The summed E-state index contributed by atoms with van der Waals surface area (Å²) in [6.45, 7) is 2.24. The molecule has 0 heterocycles. The summed E-state index contributed by atoms with van der Waals surface area (Å²) in [6, 6.07) is 4.51. The normalized spacial score (nSPS) is 26.3. The maximum absolute atomic E-state index is 14.8. The molecule has 32 heavy (non-hydrogen) atoms. The highest BCUT2D eigenvalue weighted by molar-refractivity contribution is 5.85. The maximum Gasteiger partial charge on any atom is 0.419 e. The number of hydrogen-bond donors (Lipinski definition) is 0. The number of fused-ring (bicyclic) bond motifs is 2. The number of halogens is 5. The van der Waals surface area contributed by atoms with Crippen molar-refractivity contribution in [3.05, 3.63) is 47.0 Å². The van der Waals surface area contributed by atoms with Crippen LogP contribution in [0.2, 0.25) is 0 Å². The van der Waals surface area contributed by atoms with Crippen molar-refractivity contribution in [3.8, 4) is 0 Å². The molecule has 2 aromatic rings. The van der Waals surface area contributed by atoms with Crippen LogP contribution in [-0.4, -0.2) is 0 Å². The summed E-state index contributed by atoms with van der Waals surface area (Å²) in [4.78, 5) is 0. The summed E-state index contributed by atoms with van der Waals surface area (Å²) in [5, 5.41) is 0.0446. The van der Waals surface area contributed by atoms with Crippen LogP contribution in [0.5, 0.6) is 0 Å². The quantitative estimate of drug-likeness (QED) is 0.302. The Balaban J connectivity index is 1.45. The van der Waals surface area contributed by atoms with Crippen LogP contribution in [-0.2, 0) is 6.18 Å². The molecule has 2 aromatic carbocycles. The molecular weight excluding hydrogens is 419 g/mol. The zero-order chi connectivity index (χ0) is 22.9. The SMILES string of the molecule is CCCCCC[C@@H]1CC[C@@H]2CC(c3cc(F)c4cc(C(F)(F)F)c(F)cc4c3)CCC2C1. The smallest absolute Gasteiger partial charge is 0.206 e. The zero-order valence-electron chi connectivity index (χ0n) is 18.8. The van der Waals surface area contributed by atoms with Gasteiger partial charge < -0.3 is 0 Å².